The van der Waals surface area contributed by atoms with Gasteiger partial charge < -0.3 is 14.8 Å². The minimum Gasteiger partial charge on any atom is -0.497 e. The zero-order valence-electron chi connectivity index (χ0n) is 13.4. The van der Waals surface area contributed by atoms with Crippen LogP contribution in [0.4, 0.5) is 10.1 Å². The number of anilines is 1. The maximum Gasteiger partial charge on any atom is 0.149 e. The number of nitrogens with one attached hydrogen (secondary N) is 1. The van der Waals surface area contributed by atoms with Crippen molar-refractivity contribution in [3.8, 4) is 22.8 Å². The van der Waals surface area contributed by atoms with Crippen LogP contribution in [0.2, 0.25) is 0 Å². The minimum absolute atomic E-state index is 0.348. The van der Waals surface area contributed by atoms with Gasteiger partial charge in [-0.1, -0.05) is 12.1 Å². The van der Waals surface area contributed by atoms with E-state index in [2.05, 4.69) is 10.3 Å². The van der Waals surface area contributed by atoms with E-state index < -0.39 is 0 Å². The second kappa shape index (κ2) is 7.31. The molecule has 1 heterocycles. The van der Waals surface area contributed by atoms with E-state index >= 15 is 0 Å². The predicted octanol–water partition coefficient (Wildman–Crippen LogP) is 4.58. The van der Waals surface area contributed by atoms with Crippen LogP contribution in [0.1, 0.15) is 5.01 Å². The Labute approximate surface area is 143 Å². The van der Waals surface area contributed by atoms with Crippen molar-refractivity contribution in [2.24, 2.45) is 0 Å². The quantitative estimate of drug-likeness (QED) is 0.711. The number of halogens is 1. The highest BCUT2D eigenvalue weighted by atomic mass is 32.1. The van der Waals surface area contributed by atoms with Gasteiger partial charge in [-0.15, -0.1) is 11.3 Å². The molecule has 3 rings (SSSR count). The van der Waals surface area contributed by atoms with Gasteiger partial charge in [-0.05, 0) is 24.3 Å². The predicted molar refractivity (Wildman–Crippen MR) is 94.4 cm³/mol. The highest BCUT2D eigenvalue weighted by Crippen LogP contribution is 2.26. The molecule has 0 unspecified atom stereocenters. The van der Waals surface area contributed by atoms with E-state index in [4.69, 9.17) is 9.47 Å². The van der Waals surface area contributed by atoms with Crippen molar-refractivity contribution in [2.75, 3.05) is 19.5 Å². The smallest absolute Gasteiger partial charge is 0.149 e. The van der Waals surface area contributed by atoms with E-state index in [9.17, 15) is 4.39 Å². The number of hydrogen-bond donors (Lipinski definition) is 1. The number of rotatable bonds is 6. The Kier molecular flexibility index (Phi) is 4.96. The number of hydrogen-bond acceptors (Lipinski definition) is 5. The third kappa shape index (κ3) is 3.65. The molecule has 124 valence electrons. The summed E-state index contributed by atoms with van der Waals surface area (Å²) < 4.78 is 24.1. The summed E-state index contributed by atoms with van der Waals surface area (Å²) in [5, 5.41) is 5.92. The van der Waals surface area contributed by atoms with Gasteiger partial charge in [0.2, 0.25) is 0 Å². The zero-order valence-corrected chi connectivity index (χ0v) is 14.2. The first-order chi connectivity index (χ1) is 11.7. The monoisotopic (exact) mass is 344 g/mol. The van der Waals surface area contributed by atoms with Crippen molar-refractivity contribution in [2.45, 2.75) is 6.54 Å². The van der Waals surface area contributed by atoms with Gasteiger partial charge in [0, 0.05) is 17.0 Å². The van der Waals surface area contributed by atoms with Crippen molar-refractivity contribution in [1.29, 1.82) is 0 Å². The molecule has 0 atom stereocenters. The largest absolute Gasteiger partial charge is 0.497 e. The number of methoxy groups -OCH3 is 2. The lowest BCUT2D eigenvalue weighted by Gasteiger charge is -2.07. The first-order valence-electron chi connectivity index (χ1n) is 7.36. The van der Waals surface area contributed by atoms with Gasteiger partial charge in [-0.3, -0.25) is 0 Å². The number of aromatic nitrogens is 1. The molecule has 0 fully saturated rings. The summed E-state index contributed by atoms with van der Waals surface area (Å²) in [5.74, 6) is 0.937. The molecular formula is C18H17FN2O2S. The molecule has 24 heavy (non-hydrogen) atoms. The van der Waals surface area contributed by atoms with Crippen LogP contribution in [-0.2, 0) is 6.54 Å². The average molecular weight is 344 g/mol. The van der Waals surface area contributed by atoms with Gasteiger partial charge in [0.05, 0.1) is 32.1 Å². The molecule has 0 saturated carbocycles. The first-order valence-corrected chi connectivity index (χ1v) is 8.24. The van der Waals surface area contributed by atoms with Crippen molar-refractivity contribution >= 4 is 17.0 Å². The molecule has 0 aliphatic carbocycles. The Morgan fingerprint density at radius 1 is 1.08 bits per heavy atom. The highest BCUT2D eigenvalue weighted by molar-refractivity contribution is 7.09. The fourth-order valence-corrected chi connectivity index (χ4v) is 2.99. The maximum absolute atomic E-state index is 13.9. The van der Waals surface area contributed by atoms with Crippen LogP contribution in [0.5, 0.6) is 11.5 Å². The molecule has 0 bridgehead atoms. The first kappa shape index (κ1) is 16.3. The molecular weight excluding hydrogens is 327 g/mol. The number of ether oxygens (including phenoxy) is 2. The van der Waals surface area contributed by atoms with E-state index in [1.807, 2.05) is 29.6 Å². The van der Waals surface area contributed by atoms with Crippen LogP contribution in [0.25, 0.3) is 11.3 Å². The van der Waals surface area contributed by atoms with E-state index in [-0.39, 0.29) is 5.82 Å². The molecule has 0 amide bonds. The second-order valence-corrected chi connectivity index (χ2v) is 6.00. The molecule has 6 heteroatoms. The number of nitrogens with zero attached hydrogens (tertiary/aromatic N) is 1. The Morgan fingerprint density at radius 2 is 1.88 bits per heavy atom. The number of thiazole rings is 1. The Morgan fingerprint density at radius 3 is 2.62 bits per heavy atom. The summed E-state index contributed by atoms with van der Waals surface area (Å²) in [4.78, 5) is 4.59. The van der Waals surface area contributed by atoms with Gasteiger partial charge in [0.1, 0.15) is 22.3 Å². The van der Waals surface area contributed by atoms with Crippen molar-refractivity contribution < 1.29 is 13.9 Å². The molecule has 1 aromatic heterocycles. The van der Waals surface area contributed by atoms with Gasteiger partial charge in [-0.25, -0.2) is 9.37 Å². The van der Waals surface area contributed by atoms with Gasteiger partial charge in [0.15, 0.2) is 0 Å². The van der Waals surface area contributed by atoms with Gasteiger partial charge in [-0.2, -0.15) is 0 Å². The van der Waals surface area contributed by atoms with Gasteiger partial charge in [0.25, 0.3) is 0 Å². The molecule has 0 saturated heterocycles. The molecule has 0 spiro atoms. The maximum atomic E-state index is 13.9. The van der Waals surface area contributed by atoms with Crippen LogP contribution in [-0.4, -0.2) is 19.2 Å². The number of benzene rings is 2. The molecule has 3 aromatic rings. The van der Waals surface area contributed by atoms with Crippen molar-refractivity contribution in [3.63, 3.8) is 0 Å². The lowest BCUT2D eigenvalue weighted by molar-refractivity contribution is 0.411. The van der Waals surface area contributed by atoms with E-state index in [1.54, 1.807) is 19.2 Å². The normalized spacial score (nSPS) is 10.5. The fraction of sp³-hybridized carbons (Fsp3) is 0.167. The van der Waals surface area contributed by atoms with Crippen LogP contribution in [0.15, 0.2) is 47.8 Å². The summed E-state index contributed by atoms with van der Waals surface area (Å²) in [7, 11) is 3.15. The standard InChI is InChI=1S/C18H17FN2O2S/c1-22-13-5-3-4-12(8-13)17-11-24-18(21-17)10-20-16-7-6-14(23-2)9-15(16)19/h3-9,11,20H,10H2,1-2H3. The average Bonchev–Trinajstić information content (AvgIpc) is 3.09. The Hall–Kier alpha value is -2.60. The summed E-state index contributed by atoms with van der Waals surface area (Å²) in [6, 6.07) is 12.5. The SMILES string of the molecule is COc1cccc(-c2csc(CNc3ccc(OC)cc3F)n2)c1. The van der Waals surface area contributed by atoms with E-state index in [1.165, 1.54) is 24.5 Å². The Bertz CT molecular complexity index is 835. The van der Waals surface area contributed by atoms with Crippen LogP contribution < -0.4 is 14.8 Å². The third-order valence-electron chi connectivity index (χ3n) is 3.52. The Balaban J connectivity index is 1.70. The van der Waals surface area contributed by atoms with Crippen LogP contribution in [0, 0.1) is 5.82 Å². The van der Waals surface area contributed by atoms with E-state index in [0.717, 1.165) is 22.0 Å². The minimum atomic E-state index is -0.348. The summed E-state index contributed by atoms with van der Waals surface area (Å²) in [5.41, 5.74) is 2.30. The third-order valence-corrected chi connectivity index (χ3v) is 4.37. The summed E-state index contributed by atoms with van der Waals surface area (Å²) in [6.07, 6.45) is 0. The van der Waals surface area contributed by atoms with Crippen molar-refractivity contribution in [1.82, 2.24) is 4.98 Å². The summed E-state index contributed by atoms with van der Waals surface area (Å²) in [6.45, 7) is 0.456. The fourth-order valence-electron chi connectivity index (χ4n) is 2.24. The second-order valence-electron chi connectivity index (χ2n) is 5.06. The van der Waals surface area contributed by atoms with Crippen molar-refractivity contribution in [3.05, 3.63) is 58.7 Å². The molecule has 0 radical (unpaired) electrons. The van der Waals surface area contributed by atoms with Gasteiger partial charge >= 0.3 is 0 Å². The van der Waals surface area contributed by atoms with Crippen LogP contribution in [0.3, 0.4) is 0 Å². The van der Waals surface area contributed by atoms with E-state index in [0.29, 0.717) is 18.0 Å². The highest BCUT2D eigenvalue weighted by Gasteiger charge is 2.08. The topological polar surface area (TPSA) is 43.4 Å². The molecule has 2 aromatic carbocycles. The lowest BCUT2D eigenvalue weighted by atomic mass is 10.2. The van der Waals surface area contributed by atoms with Crippen LogP contribution >= 0.6 is 11.3 Å². The zero-order chi connectivity index (χ0) is 16.9. The molecule has 0 aliphatic rings. The lowest BCUT2D eigenvalue weighted by Crippen LogP contribution is -2.01. The summed E-state index contributed by atoms with van der Waals surface area (Å²) >= 11 is 1.53. The molecule has 4 nitrogen and oxygen atoms in total. The molecule has 1 N–H and O–H groups in total. The molecule has 0 aliphatic heterocycles.